The van der Waals surface area contributed by atoms with Crippen molar-refractivity contribution in [3.05, 3.63) is 65.5 Å². The third kappa shape index (κ3) is 6.35. The minimum atomic E-state index is -0.248. The molecule has 1 heterocycles. The molecule has 0 bridgehead atoms. The molecule has 1 amide bonds. The van der Waals surface area contributed by atoms with Gasteiger partial charge >= 0.3 is 0 Å². The predicted octanol–water partition coefficient (Wildman–Crippen LogP) is 5.48. The molecular formula is C28H37FN2O2. The monoisotopic (exact) mass is 452 g/mol. The molecule has 1 saturated carbocycles. The lowest BCUT2D eigenvalue weighted by molar-refractivity contribution is -0.130. The fourth-order valence-electron chi connectivity index (χ4n) is 5.66. The van der Waals surface area contributed by atoms with E-state index in [1.54, 1.807) is 26.2 Å². The van der Waals surface area contributed by atoms with Crippen molar-refractivity contribution in [1.29, 1.82) is 0 Å². The van der Waals surface area contributed by atoms with Crippen LogP contribution < -0.4 is 4.74 Å². The van der Waals surface area contributed by atoms with Crippen molar-refractivity contribution in [2.24, 2.45) is 11.8 Å². The molecule has 4 nitrogen and oxygen atoms in total. The normalized spacial score (nSPS) is 21.8. The fourth-order valence-corrected chi connectivity index (χ4v) is 5.66. The Morgan fingerprint density at radius 3 is 2.36 bits per heavy atom. The van der Waals surface area contributed by atoms with Crippen LogP contribution in [0.2, 0.25) is 0 Å². The number of carbonyl (C=O) groups is 1. The van der Waals surface area contributed by atoms with Crippen molar-refractivity contribution in [3.63, 3.8) is 0 Å². The van der Waals surface area contributed by atoms with Crippen LogP contribution in [0, 0.1) is 17.7 Å². The van der Waals surface area contributed by atoms with Gasteiger partial charge in [-0.1, -0.05) is 43.5 Å². The minimum Gasteiger partial charge on any atom is -0.497 e. The first kappa shape index (κ1) is 23.7. The van der Waals surface area contributed by atoms with Gasteiger partial charge in [0, 0.05) is 45.6 Å². The van der Waals surface area contributed by atoms with E-state index in [0.717, 1.165) is 30.3 Å². The van der Waals surface area contributed by atoms with Gasteiger partial charge in [-0.3, -0.25) is 4.79 Å². The molecule has 178 valence electrons. The van der Waals surface area contributed by atoms with Crippen LogP contribution in [-0.4, -0.2) is 49.0 Å². The van der Waals surface area contributed by atoms with Crippen LogP contribution >= 0.6 is 0 Å². The molecule has 2 aromatic rings. The Balaban J connectivity index is 1.50. The van der Waals surface area contributed by atoms with Crippen LogP contribution in [0.3, 0.4) is 0 Å². The van der Waals surface area contributed by atoms with Gasteiger partial charge in [-0.25, -0.2) is 4.39 Å². The van der Waals surface area contributed by atoms with Gasteiger partial charge in [-0.05, 0) is 60.1 Å². The van der Waals surface area contributed by atoms with Crippen LogP contribution in [0.5, 0.6) is 5.75 Å². The second-order valence-electron chi connectivity index (χ2n) is 9.89. The van der Waals surface area contributed by atoms with Gasteiger partial charge in [0.05, 0.1) is 7.11 Å². The number of likely N-dealkylation sites (tertiary alicyclic amines) is 1. The first-order valence-corrected chi connectivity index (χ1v) is 12.4. The molecule has 0 radical (unpaired) electrons. The molecule has 1 aliphatic heterocycles. The van der Waals surface area contributed by atoms with E-state index >= 15 is 0 Å². The van der Waals surface area contributed by atoms with E-state index < -0.39 is 0 Å². The van der Waals surface area contributed by atoms with Crippen molar-refractivity contribution in [3.8, 4) is 5.75 Å². The van der Waals surface area contributed by atoms with Crippen molar-refractivity contribution in [1.82, 2.24) is 9.80 Å². The molecule has 2 fully saturated rings. The van der Waals surface area contributed by atoms with E-state index in [2.05, 4.69) is 17.0 Å². The van der Waals surface area contributed by atoms with E-state index in [-0.39, 0.29) is 11.7 Å². The maximum atomic E-state index is 13.3. The molecule has 0 unspecified atom stereocenters. The molecule has 4 rings (SSSR count). The van der Waals surface area contributed by atoms with E-state index in [4.69, 9.17) is 4.74 Å². The number of rotatable bonds is 8. The van der Waals surface area contributed by atoms with Crippen LogP contribution in [0.25, 0.3) is 0 Å². The van der Waals surface area contributed by atoms with E-state index in [1.807, 2.05) is 17.0 Å². The summed E-state index contributed by atoms with van der Waals surface area (Å²) < 4.78 is 18.7. The van der Waals surface area contributed by atoms with E-state index in [9.17, 15) is 9.18 Å². The molecule has 2 atom stereocenters. The summed E-state index contributed by atoms with van der Waals surface area (Å²) in [5, 5.41) is 0. The number of halogens is 1. The number of nitrogens with zero attached hydrogens (tertiary/aromatic N) is 2. The number of benzene rings is 2. The van der Waals surface area contributed by atoms with Crippen molar-refractivity contribution < 1.29 is 13.9 Å². The third-order valence-electron chi connectivity index (χ3n) is 7.49. The van der Waals surface area contributed by atoms with Gasteiger partial charge in [-0.15, -0.1) is 0 Å². The Bertz CT molecular complexity index is 893. The second kappa shape index (κ2) is 11.1. The summed E-state index contributed by atoms with van der Waals surface area (Å²) >= 11 is 0. The average molecular weight is 453 g/mol. The lowest BCUT2D eigenvalue weighted by atomic mass is 9.88. The summed E-state index contributed by atoms with van der Waals surface area (Å²) in [5.41, 5.74) is 2.28. The van der Waals surface area contributed by atoms with Crippen molar-refractivity contribution in [2.75, 3.05) is 33.3 Å². The third-order valence-corrected chi connectivity index (χ3v) is 7.49. The molecule has 2 aromatic carbocycles. The summed E-state index contributed by atoms with van der Waals surface area (Å²) in [5.74, 6) is 2.24. The lowest BCUT2D eigenvalue weighted by Crippen LogP contribution is -2.36. The largest absolute Gasteiger partial charge is 0.497 e. The number of ether oxygens (including phenoxy) is 1. The van der Waals surface area contributed by atoms with Crippen molar-refractivity contribution in [2.45, 2.75) is 51.5 Å². The first-order valence-electron chi connectivity index (χ1n) is 12.4. The fraction of sp³-hybridized carbons (Fsp3) is 0.536. The van der Waals surface area contributed by atoms with Gasteiger partial charge in [0.25, 0.3) is 0 Å². The molecule has 5 heteroatoms. The highest BCUT2D eigenvalue weighted by molar-refractivity contribution is 5.73. The number of carbonyl (C=O) groups excluding carboxylic acids is 1. The second-order valence-corrected chi connectivity index (χ2v) is 9.89. The molecule has 1 saturated heterocycles. The molecule has 0 spiro atoms. The van der Waals surface area contributed by atoms with Gasteiger partial charge < -0.3 is 14.5 Å². The summed E-state index contributed by atoms with van der Waals surface area (Å²) in [6, 6.07) is 14.9. The lowest BCUT2D eigenvalue weighted by Gasteiger charge is -2.28. The van der Waals surface area contributed by atoms with Crippen LogP contribution in [-0.2, 0) is 11.3 Å². The molecule has 0 N–H and O–H groups in total. The quantitative estimate of drug-likeness (QED) is 0.532. The van der Waals surface area contributed by atoms with Gasteiger partial charge in [0.1, 0.15) is 11.6 Å². The molecule has 0 aromatic heterocycles. The van der Waals surface area contributed by atoms with Gasteiger partial charge in [0.2, 0.25) is 5.91 Å². The maximum Gasteiger partial charge on any atom is 0.219 e. The zero-order valence-electron chi connectivity index (χ0n) is 20.0. The molecule has 1 aliphatic carbocycles. The Hall–Kier alpha value is -2.40. The Morgan fingerprint density at radius 1 is 1.03 bits per heavy atom. The van der Waals surface area contributed by atoms with Crippen LogP contribution in [0.1, 0.15) is 56.1 Å². The zero-order valence-corrected chi connectivity index (χ0v) is 20.0. The number of amides is 1. The van der Waals surface area contributed by atoms with E-state index in [1.165, 1.54) is 56.3 Å². The first-order chi connectivity index (χ1) is 16.0. The highest BCUT2D eigenvalue weighted by atomic mass is 19.1. The summed E-state index contributed by atoms with van der Waals surface area (Å²) in [6.45, 7) is 6.09. The SMILES string of the molecule is COc1ccc([C@@H]2CN(CC3CCCCC3)C[C@H]2CN(Cc2ccc(F)cc2)C(C)=O)cc1. The highest BCUT2D eigenvalue weighted by Gasteiger charge is 2.36. The van der Waals surface area contributed by atoms with Crippen LogP contribution in [0.4, 0.5) is 4.39 Å². The molecule has 2 aliphatic rings. The topological polar surface area (TPSA) is 32.8 Å². The highest BCUT2D eigenvalue weighted by Crippen LogP contribution is 2.36. The summed E-state index contributed by atoms with van der Waals surface area (Å²) in [4.78, 5) is 17.1. The number of hydrogen-bond acceptors (Lipinski definition) is 3. The Morgan fingerprint density at radius 2 is 1.73 bits per heavy atom. The standard InChI is InChI=1S/C28H37FN2O2/c1-21(32)31(17-23-8-12-26(29)13-9-23)19-25-18-30(16-22-6-4-3-5-7-22)20-28(25)24-10-14-27(33-2)15-11-24/h8-15,22,25,28H,3-7,16-20H2,1-2H3/t25-,28-/m0/s1. The molecular weight excluding hydrogens is 415 g/mol. The average Bonchev–Trinajstić information content (AvgIpc) is 3.22. The van der Waals surface area contributed by atoms with Crippen LogP contribution in [0.15, 0.2) is 48.5 Å². The molecule has 33 heavy (non-hydrogen) atoms. The maximum absolute atomic E-state index is 13.3. The summed E-state index contributed by atoms with van der Waals surface area (Å²) in [7, 11) is 1.69. The minimum absolute atomic E-state index is 0.0681. The van der Waals surface area contributed by atoms with Gasteiger partial charge in [0.15, 0.2) is 0 Å². The zero-order chi connectivity index (χ0) is 23.2. The predicted molar refractivity (Wildman–Crippen MR) is 130 cm³/mol. The Labute approximate surface area is 197 Å². The van der Waals surface area contributed by atoms with Gasteiger partial charge in [-0.2, -0.15) is 0 Å². The van der Waals surface area contributed by atoms with E-state index in [0.29, 0.717) is 24.9 Å². The smallest absolute Gasteiger partial charge is 0.219 e. The summed E-state index contributed by atoms with van der Waals surface area (Å²) in [6.07, 6.45) is 6.79. The Kier molecular flexibility index (Phi) is 8.02. The number of methoxy groups -OCH3 is 1. The van der Waals surface area contributed by atoms with Crippen molar-refractivity contribution >= 4 is 5.91 Å². The number of hydrogen-bond donors (Lipinski definition) is 0.